The normalized spacial score (nSPS) is 18.1. The number of carbonyl (C=O) groups excluding carboxylic acids is 3. The van der Waals surface area contributed by atoms with Gasteiger partial charge in [0.1, 0.15) is 11.4 Å². The number of methoxy groups -OCH3 is 2. The van der Waals surface area contributed by atoms with Gasteiger partial charge in [0.2, 0.25) is 5.91 Å². The largest absolute Gasteiger partial charge is 0.496 e. The summed E-state index contributed by atoms with van der Waals surface area (Å²) in [5, 5.41) is 0. The summed E-state index contributed by atoms with van der Waals surface area (Å²) in [6.45, 7) is 10.3. The Hall–Kier alpha value is -3.13. The molecular weight excluding hydrogens is 436 g/mol. The van der Waals surface area contributed by atoms with E-state index >= 15 is 0 Å². The van der Waals surface area contributed by atoms with E-state index in [1.807, 2.05) is 30.3 Å². The van der Waals surface area contributed by atoms with Crippen molar-refractivity contribution in [1.82, 2.24) is 4.90 Å². The van der Waals surface area contributed by atoms with Crippen LogP contribution in [-0.2, 0) is 23.9 Å². The van der Waals surface area contributed by atoms with Crippen molar-refractivity contribution < 1.29 is 28.6 Å². The molecule has 8 nitrogen and oxygen atoms in total. The van der Waals surface area contributed by atoms with Crippen LogP contribution in [0.25, 0.3) is 0 Å². The van der Waals surface area contributed by atoms with E-state index in [2.05, 4.69) is 0 Å². The van der Waals surface area contributed by atoms with Crippen molar-refractivity contribution in [3.8, 4) is 5.75 Å². The molecule has 0 saturated carbocycles. The van der Waals surface area contributed by atoms with Crippen molar-refractivity contribution in [2.24, 2.45) is 11.1 Å². The number of ether oxygens (including phenoxy) is 3. The molecule has 0 fully saturated rings. The third-order valence-electron chi connectivity index (χ3n) is 5.80. The van der Waals surface area contributed by atoms with Crippen molar-refractivity contribution in [1.29, 1.82) is 0 Å². The minimum Gasteiger partial charge on any atom is -0.496 e. The Morgan fingerprint density at radius 1 is 1.06 bits per heavy atom. The van der Waals surface area contributed by atoms with Crippen LogP contribution in [0.5, 0.6) is 5.75 Å². The molecule has 8 heteroatoms. The van der Waals surface area contributed by atoms with E-state index in [9.17, 15) is 14.4 Å². The molecule has 1 amide bonds. The third-order valence-corrected chi connectivity index (χ3v) is 5.80. The summed E-state index contributed by atoms with van der Waals surface area (Å²) >= 11 is 0. The minimum absolute atomic E-state index is 0.0777. The monoisotopic (exact) mass is 472 g/mol. The smallest absolute Gasteiger partial charge is 0.336 e. The van der Waals surface area contributed by atoms with Gasteiger partial charge in [0, 0.05) is 29.4 Å². The number of hydrogen-bond donors (Lipinski definition) is 1. The number of hydrogen-bond acceptors (Lipinski definition) is 7. The molecule has 0 bridgehead atoms. The van der Waals surface area contributed by atoms with Crippen LogP contribution >= 0.6 is 0 Å². The third kappa shape index (κ3) is 5.67. The van der Waals surface area contributed by atoms with Crippen LogP contribution in [-0.4, -0.2) is 49.1 Å². The fourth-order valence-electron chi connectivity index (χ4n) is 4.08. The van der Waals surface area contributed by atoms with Gasteiger partial charge in [-0.25, -0.2) is 4.79 Å². The second kappa shape index (κ2) is 10.4. The Labute approximate surface area is 201 Å². The molecule has 1 aliphatic rings. The van der Waals surface area contributed by atoms with Crippen LogP contribution in [0, 0.1) is 5.41 Å². The summed E-state index contributed by atoms with van der Waals surface area (Å²) in [7, 11) is 2.86. The quantitative estimate of drug-likeness (QED) is 0.603. The molecule has 0 spiro atoms. The molecule has 0 saturated heterocycles. The molecule has 1 aliphatic heterocycles. The fourth-order valence-corrected chi connectivity index (χ4v) is 4.08. The van der Waals surface area contributed by atoms with E-state index in [-0.39, 0.29) is 13.0 Å². The van der Waals surface area contributed by atoms with E-state index in [1.54, 1.807) is 48.7 Å². The van der Waals surface area contributed by atoms with Crippen molar-refractivity contribution in [3.63, 3.8) is 0 Å². The first-order chi connectivity index (χ1) is 15.8. The molecule has 0 aliphatic carbocycles. The standard InChI is InChI=1S/C26H36N2O6/c1-16-13-19(18-11-9-10-12-20(18)32-7)22(23(30)33-8)17(2)28(16)24(31)26(6,15-27)14-21(29)34-25(3,4)5/h9-13,19H,14-15,27H2,1-8H3. The highest BCUT2D eigenvalue weighted by Crippen LogP contribution is 2.42. The first kappa shape index (κ1) is 27.1. The number of nitrogens with two attached hydrogens (primary N) is 1. The average molecular weight is 473 g/mol. The topological polar surface area (TPSA) is 108 Å². The Bertz CT molecular complexity index is 1020. The van der Waals surface area contributed by atoms with Crippen molar-refractivity contribution in [2.75, 3.05) is 20.8 Å². The molecule has 34 heavy (non-hydrogen) atoms. The van der Waals surface area contributed by atoms with Gasteiger partial charge in [-0.3, -0.25) is 14.5 Å². The molecule has 0 aromatic heterocycles. The zero-order chi connectivity index (χ0) is 25.8. The molecule has 186 valence electrons. The van der Waals surface area contributed by atoms with Crippen LogP contribution in [0.4, 0.5) is 0 Å². The average Bonchev–Trinajstić information content (AvgIpc) is 2.76. The van der Waals surface area contributed by atoms with E-state index < -0.39 is 34.8 Å². The van der Waals surface area contributed by atoms with Crippen LogP contribution in [0.15, 0.2) is 47.3 Å². The summed E-state index contributed by atoms with van der Waals surface area (Å²) in [4.78, 5) is 40.7. The highest BCUT2D eigenvalue weighted by molar-refractivity contribution is 5.96. The van der Waals surface area contributed by atoms with Crippen LogP contribution in [0.1, 0.15) is 59.4 Å². The maximum absolute atomic E-state index is 13.8. The number of amides is 1. The lowest BCUT2D eigenvalue weighted by Crippen LogP contribution is -2.48. The Morgan fingerprint density at radius 2 is 1.68 bits per heavy atom. The summed E-state index contributed by atoms with van der Waals surface area (Å²) < 4.78 is 16.0. The van der Waals surface area contributed by atoms with Gasteiger partial charge in [0.15, 0.2) is 0 Å². The van der Waals surface area contributed by atoms with Crippen molar-refractivity contribution in [3.05, 3.63) is 52.9 Å². The molecule has 2 atom stereocenters. The Morgan fingerprint density at radius 3 is 2.21 bits per heavy atom. The first-order valence-corrected chi connectivity index (χ1v) is 11.2. The second-order valence-electron chi connectivity index (χ2n) is 9.69. The highest BCUT2D eigenvalue weighted by atomic mass is 16.6. The lowest BCUT2D eigenvalue weighted by Gasteiger charge is -2.38. The summed E-state index contributed by atoms with van der Waals surface area (Å²) in [6, 6.07) is 7.38. The van der Waals surface area contributed by atoms with E-state index in [0.717, 1.165) is 5.56 Å². The number of allylic oxidation sites excluding steroid dienone is 3. The Kier molecular flexibility index (Phi) is 8.31. The number of esters is 2. The number of benzene rings is 1. The van der Waals surface area contributed by atoms with Gasteiger partial charge in [-0.2, -0.15) is 0 Å². The predicted octanol–water partition coefficient (Wildman–Crippen LogP) is 3.67. The summed E-state index contributed by atoms with van der Waals surface area (Å²) in [5.41, 5.74) is 6.17. The molecule has 1 heterocycles. The zero-order valence-electron chi connectivity index (χ0n) is 21.4. The number of carbonyl (C=O) groups is 3. The Balaban J connectivity index is 2.55. The van der Waals surface area contributed by atoms with E-state index in [0.29, 0.717) is 22.7 Å². The second-order valence-corrected chi connectivity index (χ2v) is 9.69. The maximum atomic E-state index is 13.8. The predicted molar refractivity (Wildman–Crippen MR) is 129 cm³/mol. The van der Waals surface area contributed by atoms with Gasteiger partial charge in [-0.15, -0.1) is 0 Å². The highest BCUT2D eigenvalue weighted by Gasteiger charge is 2.43. The first-order valence-electron chi connectivity index (χ1n) is 11.2. The van der Waals surface area contributed by atoms with Gasteiger partial charge in [0.25, 0.3) is 0 Å². The molecule has 1 aromatic rings. The van der Waals surface area contributed by atoms with Gasteiger partial charge < -0.3 is 19.9 Å². The zero-order valence-corrected chi connectivity index (χ0v) is 21.4. The number of rotatable bonds is 7. The fraction of sp³-hybridized carbons (Fsp3) is 0.500. The lowest BCUT2D eigenvalue weighted by molar-refractivity contribution is -0.160. The van der Waals surface area contributed by atoms with Crippen LogP contribution < -0.4 is 10.5 Å². The van der Waals surface area contributed by atoms with E-state index in [1.165, 1.54) is 12.0 Å². The molecule has 2 N–H and O–H groups in total. The van der Waals surface area contributed by atoms with Crippen molar-refractivity contribution in [2.45, 2.75) is 59.5 Å². The van der Waals surface area contributed by atoms with Crippen molar-refractivity contribution >= 4 is 17.8 Å². The lowest BCUT2D eigenvalue weighted by atomic mass is 9.81. The van der Waals surface area contributed by atoms with E-state index in [4.69, 9.17) is 19.9 Å². The van der Waals surface area contributed by atoms with Crippen LogP contribution in [0.3, 0.4) is 0 Å². The van der Waals surface area contributed by atoms with Gasteiger partial charge >= 0.3 is 11.9 Å². The molecule has 2 rings (SSSR count). The molecule has 0 radical (unpaired) electrons. The molecule has 2 unspecified atom stereocenters. The SMILES string of the molecule is COC(=O)C1=C(C)N(C(=O)C(C)(CN)CC(=O)OC(C)(C)C)C(C)=CC1c1ccccc1OC. The molecule has 1 aromatic carbocycles. The van der Waals surface area contributed by atoms with Gasteiger partial charge in [0.05, 0.1) is 31.6 Å². The van der Waals surface area contributed by atoms with Gasteiger partial charge in [-0.1, -0.05) is 24.3 Å². The minimum atomic E-state index is -1.24. The van der Waals surface area contributed by atoms with Crippen LogP contribution in [0.2, 0.25) is 0 Å². The summed E-state index contributed by atoms with van der Waals surface area (Å²) in [5.74, 6) is -1.34. The molecular formula is C26H36N2O6. The number of nitrogens with zero attached hydrogens (tertiary/aromatic N) is 1. The van der Waals surface area contributed by atoms with Gasteiger partial charge in [-0.05, 0) is 47.6 Å². The summed E-state index contributed by atoms with van der Waals surface area (Å²) in [6.07, 6.45) is 1.62. The maximum Gasteiger partial charge on any atom is 0.336 e. The number of para-hydroxylation sites is 1.